The van der Waals surface area contributed by atoms with Crippen molar-refractivity contribution in [2.75, 3.05) is 0 Å². The van der Waals surface area contributed by atoms with Gasteiger partial charge in [-0.2, -0.15) is 0 Å². The van der Waals surface area contributed by atoms with Crippen molar-refractivity contribution < 1.29 is 28.7 Å². The first-order valence-electron chi connectivity index (χ1n) is 15.9. The van der Waals surface area contributed by atoms with Gasteiger partial charge in [-0.15, -0.1) is 0 Å². The average Bonchev–Trinajstić information content (AvgIpc) is 3.78. The number of carbonyl (C=O) groups is 4. The molecule has 1 saturated carbocycles. The summed E-state index contributed by atoms with van der Waals surface area (Å²) in [5.41, 5.74) is 0.822. The molecule has 3 rings (SSSR count). The number of ether oxygens (including phenoxy) is 2. The van der Waals surface area contributed by atoms with Gasteiger partial charge in [-0.3, -0.25) is 9.59 Å². The van der Waals surface area contributed by atoms with Gasteiger partial charge in [0.25, 0.3) is 0 Å². The molecule has 2 aromatic carbocycles. The maximum atomic E-state index is 14.5. The molecule has 0 bridgehead atoms. The Morgan fingerprint density at radius 1 is 0.867 bits per heavy atom. The predicted molar refractivity (Wildman–Crippen MR) is 174 cm³/mol. The molecule has 9 heteroatoms. The Morgan fingerprint density at radius 2 is 1.44 bits per heavy atom. The van der Waals surface area contributed by atoms with E-state index in [0.29, 0.717) is 12.0 Å². The maximum Gasteiger partial charge on any atom is 0.408 e. The standard InChI is InChI=1S/C36H51N3O6/c1-10-23(2)29(38-34(43)45-36(7,8)9)32(41)39(26-20-21-26)30(27-19-15-14-16-24(27)3)31(40)37-28(33(42)44-35(4,5)6)22-25-17-12-11-13-18-25/h11-19,23,26,28-30H,10,20-22H2,1-9H3,(H,37,40)(H,38,43). The second-order valence-electron chi connectivity index (χ2n) is 14.0. The van der Waals surface area contributed by atoms with Gasteiger partial charge in [0.05, 0.1) is 0 Å². The lowest BCUT2D eigenvalue weighted by molar-refractivity contribution is -0.159. The first kappa shape index (κ1) is 35.6. The van der Waals surface area contributed by atoms with Crippen molar-refractivity contribution in [2.24, 2.45) is 5.92 Å². The highest BCUT2D eigenvalue weighted by Gasteiger charge is 2.46. The molecule has 1 aliphatic rings. The van der Waals surface area contributed by atoms with Crippen molar-refractivity contribution in [3.8, 4) is 0 Å². The van der Waals surface area contributed by atoms with E-state index in [0.717, 1.165) is 24.0 Å². The third kappa shape index (κ3) is 10.6. The van der Waals surface area contributed by atoms with Crippen molar-refractivity contribution in [3.05, 3.63) is 71.3 Å². The van der Waals surface area contributed by atoms with E-state index in [9.17, 15) is 19.2 Å². The van der Waals surface area contributed by atoms with E-state index in [-0.39, 0.29) is 24.3 Å². The minimum Gasteiger partial charge on any atom is -0.458 e. The monoisotopic (exact) mass is 621 g/mol. The summed E-state index contributed by atoms with van der Waals surface area (Å²) >= 11 is 0. The molecule has 45 heavy (non-hydrogen) atoms. The van der Waals surface area contributed by atoms with Crippen LogP contribution in [0.1, 0.15) is 97.4 Å². The van der Waals surface area contributed by atoms with E-state index in [1.54, 1.807) is 46.4 Å². The summed E-state index contributed by atoms with van der Waals surface area (Å²) in [7, 11) is 0. The third-order valence-electron chi connectivity index (χ3n) is 7.65. The molecule has 0 aromatic heterocycles. The Hall–Kier alpha value is -3.88. The molecule has 246 valence electrons. The Balaban J connectivity index is 2.05. The molecule has 0 spiro atoms. The fourth-order valence-corrected chi connectivity index (χ4v) is 5.13. The van der Waals surface area contributed by atoms with Crippen molar-refractivity contribution in [1.29, 1.82) is 0 Å². The average molecular weight is 622 g/mol. The Bertz CT molecular complexity index is 1330. The first-order valence-corrected chi connectivity index (χ1v) is 15.9. The molecule has 1 fully saturated rings. The molecule has 2 aromatic rings. The molecule has 3 amide bonds. The largest absolute Gasteiger partial charge is 0.458 e. The molecule has 9 nitrogen and oxygen atoms in total. The maximum absolute atomic E-state index is 14.5. The van der Waals surface area contributed by atoms with Crippen molar-refractivity contribution in [3.63, 3.8) is 0 Å². The summed E-state index contributed by atoms with van der Waals surface area (Å²) < 4.78 is 11.2. The van der Waals surface area contributed by atoms with Gasteiger partial charge >= 0.3 is 12.1 Å². The lowest BCUT2D eigenvalue weighted by Crippen LogP contribution is -2.57. The molecule has 2 N–H and O–H groups in total. The SMILES string of the molecule is CCC(C)C(NC(=O)OC(C)(C)C)C(=O)N(C1CC1)C(C(=O)NC(Cc1ccccc1)C(=O)OC(C)(C)C)c1ccccc1C. The number of rotatable bonds is 12. The van der Waals surface area contributed by atoms with Gasteiger partial charge in [0.15, 0.2) is 0 Å². The Morgan fingerprint density at radius 3 is 1.98 bits per heavy atom. The molecule has 4 atom stereocenters. The summed E-state index contributed by atoms with van der Waals surface area (Å²) in [6.07, 6.45) is 1.58. The highest BCUT2D eigenvalue weighted by Crippen LogP contribution is 2.37. The number of carbonyl (C=O) groups excluding carboxylic acids is 4. The number of nitrogens with one attached hydrogen (secondary N) is 2. The zero-order valence-electron chi connectivity index (χ0n) is 28.3. The van der Waals surface area contributed by atoms with Gasteiger partial charge in [-0.25, -0.2) is 9.59 Å². The van der Waals surface area contributed by atoms with E-state index < -0.39 is 47.3 Å². The number of aryl methyl sites for hydroxylation is 1. The van der Waals surface area contributed by atoms with Gasteiger partial charge in [0.1, 0.15) is 29.3 Å². The molecule has 0 heterocycles. The number of hydrogen-bond donors (Lipinski definition) is 2. The number of amides is 3. The highest BCUT2D eigenvalue weighted by atomic mass is 16.6. The summed E-state index contributed by atoms with van der Waals surface area (Å²) in [6.45, 7) is 16.4. The minimum absolute atomic E-state index is 0.200. The van der Waals surface area contributed by atoms with Gasteiger partial charge in [0.2, 0.25) is 11.8 Å². The van der Waals surface area contributed by atoms with Crippen molar-refractivity contribution in [1.82, 2.24) is 15.5 Å². The van der Waals surface area contributed by atoms with Crippen molar-refractivity contribution >= 4 is 23.9 Å². The fourth-order valence-electron chi connectivity index (χ4n) is 5.13. The Labute approximate surface area is 268 Å². The number of alkyl carbamates (subject to hydrolysis) is 1. The van der Waals surface area contributed by atoms with Gasteiger partial charge < -0.3 is 25.0 Å². The smallest absolute Gasteiger partial charge is 0.408 e. The van der Waals surface area contributed by atoms with Crippen LogP contribution in [0.25, 0.3) is 0 Å². The molecule has 1 aliphatic carbocycles. The summed E-state index contributed by atoms with van der Waals surface area (Å²) in [6, 6.07) is 13.7. The number of hydrogen-bond acceptors (Lipinski definition) is 6. The quantitative estimate of drug-likeness (QED) is 0.280. The van der Waals surface area contributed by atoms with E-state index in [4.69, 9.17) is 9.47 Å². The number of esters is 1. The topological polar surface area (TPSA) is 114 Å². The predicted octanol–water partition coefficient (Wildman–Crippen LogP) is 6.04. The van der Waals surface area contributed by atoms with Crippen LogP contribution in [-0.4, -0.2) is 58.1 Å². The molecule has 0 saturated heterocycles. The minimum atomic E-state index is -1.04. The van der Waals surface area contributed by atoms with Gasteiger partial charge in [-0.1, -0.05) is 74.9 Å². The highest BCUT2D eigenvalue weighted by molar-refractivity contribution is 5.94. The third-order valence-corrected chi connectivity index (χ3v) is 7.65. The number of benzene rings is 2. The van der Waals surface area contributed by atoms with Crippen LogP contribution in [0.2, 0.25) is 0 Å². The second-order valence-corrected chi connectivity index (χ2v) is 14.0. The van der Waals surface area contributed by atoms with Gasteiger partial charge in [-0.05, 0) is 83.9 Å². The van der Waals surface area contributed by atoms with E-state index in [1.807, 2.05) is 75.4 Å². The summed E-state index contributed by atoms with van der Waals surface area (Å²) in [5.74, 6) is -1.65. The van der Waals surface area contributed by atoms with E-state index >= 15 is 0 Å². The van der Waals surface area contributed by atoms with Crippen LogP contribution in [0.4, 0.5) is 4.79 Å². The van der Waals surface area contributed by atoms with Crippen molar-refractivity contribution in [2.45, 2.75) is 123 Å². The zero-order valence-corrected chi connectivity index (χ0v) is 28.3. The van der Waals surface area contributed by atoms with Crippen LogP contribution >= 0.6 is 0 Å². The van der Waals surface area contributed by atoms with Crippen LogP contribution < -0.4 is 10.6 Å². The Kier molecular flexibility index (Phi) is 11.8. The second kappa shape index (κ2) is 14.9. The van der Waals surface area contributed by atoms with Crippen LogP contribution in [0.3, 0.4) is 0 Å². The van der Waals surface area contributed by atoms with Crippen LogP contribution in [0.15, 0.2) is 54.6 Å². The lowest BCUT2D eigenvalue weighted by Gasteiger charge is -2.37. The van der Waals surface area contributed by atoms with Crippen LogP contribution in [0, 0.1) is 12.8 Å². The lowest BCUT2D eigenvalue weighted by atomic mass is 9.94. The van der Waals surface area contributed by atoms with E-state index in [2.05, 4.69) is 10.6 Å². The molecule has 4 unspecified atom stereocenters. The summed E-state index contributed by atoms with van der Waals surface area (Å²) in [4.78, 5) is 57.0. The van der Waals surface area contributed by atoms with Crippen LogP contribution in [-0.2, 0) is 30.3 Å². The van der Waals surface area contributed by atoms with Gasteiger partial charge in [0, 0.05) is 12.5 Å². The summed E-state index contributed by atoms with van der Waals surface area (Å²) in [5, 5.41) is 5.77. The van der Waals surface area contributed by atoms with Crippen LogP contribution in [0.5, 0.6) is 0 Å². The zero-order chi connectivity index (χ0) is 33.5. The fraction of sp³-hybridized carbons (Fsp3) is 0.556. The van der Waals surface area contributed by atoms with E-state index in [1.165, 1.54) is 0 Å². The molecular formula is C36H51N3O6. The molecular weight excluding hydrogens is 570 g/mol. The number of nitrogens with zero attached hydrogens (tertiary/aromatic N) is 1. The normalized spacial score (nSPS) is 16.0. The molecule has 0 aliphatic heterocycles. The molecule has 0 radical (unpaired) electrons. The first-order chi connectivity index (χ1) is 21.0.